The second-order valence-electron chi connectivity index (χ2n) is 7.92. The summed E-state index contributed by atoms with van der Waals surface area (Å²) in [5.41, 5.74) is 1.07. The predicted octanol–water partition coefficient (Wildman–Crippen LogP) is 3.85. The highest BCUT2D eigenvalue weighted by atomic mass is 32.1. The second kappa shape index (κ2) is 12.6. The molecule has 2 aromatic rings. The summed E-state index contributed by atoms with van der Waals surface area (Å²) in [5, 5.41) is 4.89. The number of hydrogen-bond acceptors (Lipinski definition) is 5. The smallest absolute Gasteiger partial charge is 0.317 e. The van der Waals surface area contributed by atoms with E-state index in [1.54, 1.807) is 40.4 Å². The van der Waals surface area contributed by atoms with E-state index in [-0.39, 0.29) is 36.9 Å². The maximum Gasteiger partial charge on any atom is 0.317 e. The van der Waals surface area contributed by atoms with E-state index < -0.39 is 0 Å². The van der Waals surface area contributed by atoms with Crippen LogP contribution < -0.4 is 10.1 Å². The Hall–Kier alpha value is -2.65. The van der Waals surface area contributed by atoms with E-state index in [1.165, 1.54) is 17.0 Å². The second-order valence-corrected chi connectivity index (χ2v) is 8.92. The number of hydrogen-bond donors (Lipinski definition) is 1. The van der Waals surface area contributed by atoms with Crippen LogP contribution in [0.4, 0.5) is 9.18 Å². The zero-order chi connectivity index (χ0) is 23.6. The van der Waals surface area contributed by atoms with Crippen LogP contribution in [0.2, 0.25) is 0 Å². The van der Waals surface area contributed by atoms with E-state index in [0.717, 1.165) is 18.4 Å². The van der Waals surface area contributed by atoms with E-state index in [2.05, 4.69) is 5.32 Å². The number of thiophene rings is 1. The van der Waals surface area contributed by atoms with Gasteiger partial charge in [0.05, 0.1) is 6.04 Å². The number of rotatable bonds is 11. The molecule has 1 aliphatic heterocycles. The lowest BCUT2D eigenvalue weighted by atomic mass is 10.0. The van der Waals surface area contributed by atoms with Gasteiger partial charge in [-0.05, 0) is 60.5 Å². The molecule has 0 radical (unpaired) electrons. The molecule has 0 bridgehead atoms. The molecule has 1 atom stereocenters. The van der Waals surface area contributed by atoms with Gasteiger partial charge in [0.15, 0.2) is 0 Å². The lowest BCUT2D eigenvalue weighted by Crippen LogP contribution is -2.50. The minimum Gasteiger partial charge on any atom is -0.491 e. The first kappa shape index (κ1) is 25.0. The number of benzene rings is 1. The van der Waals surface area contributed by atoms with Gasteiger partial charge in [-0.2, -0.15) is 0 Å². The molecule has 1 aliphatic rings. The number of methoxy groups -OCH3 is 1. The number of urea groups is 1. The van der Waals surface area contributed by atoms with Crippen molar-refractivity contribution in [2.24, 2.45) is 0 Å². The first-order chi connectivity index (χ1) is 16.0. The van der Waals surface area contributed by atoms with Crippen LogP contribution in [0.5, 0.6) is 5.75 Å². The summed E-state index contributed by atoms with van der Waals surface area (Å²) in [5.74, 6) is 0.0989. The normalized spacial score (nSPS) is 15.1. The van der Waals surface area contributed by atoms with Crippen LogP contribution in [0.1, 0.15) is 36.2 Å². The monoisotopic (exact) mass is 477 g/mol. The zero-order valence-electron chi connectivity index (χ0n) is 19.2. The SMILES string of the molecule is CCCNC(=O)N(CCCOC)CC(=O)N1CCc2sccc2C1COc1ccc(F)cc1. The first-order valence-electron chi connectivity index (χ1n) is 11.3. The van der Waals surface area contributed by atoms with E-state index in [4.69, 9.17) is 9.47 Å². The van der Waals surface area contributed by atoms with E-state index >= 15 is 0 Å². The van der Waals surface area contributed by atoms with Crippen LogP contribution in [-0.4, -0.2) is 68.2 Å². The van der Waals surface area contributed by atoms with Crippen molar-refractivity contribution in [2.45, 2.75) is 32.2 Å². The minimum atomic E-state index is -0.327. The Morgan fingerprint density at radius 2 is 2.06 bits per heavy atom. The molecule has 1 unspecified atom stereocenters. The molecule has 1 N–H and O–H groups in total. The fourth-order valence-electron chi connectivity index (χ4n) is 3.83. The van der Waals surface area contributed by atoms with Gasteiger partial charge in [0.2, 0.25) is 5.91 Å². The summed E-state index contributed by atoms with van der Waals surface area (Å²) in [4.78, 5) is 30.6. The van der Waals surface area contributed by atoms with Crippen LogP contribution in [0.3, 0.4) is 0 Å². The van der Waals surface area contributed by atoms with Gasteiger partial charge >= 0.3 is 6.03 Å². The average Bonchev–Trinajstić information content (AvgIpc) is 3.30. The van der Waals surface area contributed by atoms with E-state index in [9.17, 15) is 14.0 Å². The lowest BCUT2D eigenvalue weighted by molar-refractivity contribution is -0.135. The Labute approximate surface area is 198 Å². The quantitative estimate of drug-likeness (QED) is 0.499. The molecular formula is C24H32FN3O4S. The van der Waals surface area contributed by atoms with Crippen LogP contribution in [0.25, 0.3) is 0 Å². The van der Waals surface area contributed by atoms with Crippen LogP contribution in [-0.2, 0) is 16.0 Å². The highest BCUT2D eigenvalue weighted by molar-refractivity contribution is 7.10. The van der Waals surface area contributed by atoms with E-state index in [1.807, 2.05) is 18.4 Å². The number of ether oxygens (including phenoxy) is 2. The van der Waals surface area contributed by atoms with Gasteiger partial charge in [-0.25, -0.2) is 9.18 Å². The minimum absolute atomic E-state index is 0.00815. The van der Waals surface area contributed by atoms with E-state index in [0.29, 0.717) is 38.4 Å². The standard InChI is InChI=1S/C24H32FN3O4S/c1-3-11-26-24(30)27(12-4-14-31-2)16-23(29)28-13-9-22-20(10-15-33-22)21(28)17-32-19-7-5-18(25)6-8-19/h5-8,10,15,21H,3-4,9,11-14,16-17H2,1-2H3,(H,26,30). The Balaban J connectivity index is 1.71. The van der Waals surface area contributed by atoms with Gasteiger partial charge in [-0.1, -0.05) is 6.92 Å². The van der Waals surface area contributed by atoms with Crippen LogP contribution in [0, 0.1) is 5.82 Å². The van der Waals surface area contributed by atoms with Crippen molar-refractivity contribution in [3.05, 3.63) is 52.0 Å². The summed E-state index contributed by atoms with van der Waals surface area (Å²) in [6.45, 7) is 4.30. The molecule has 7 nitrogen and oxygen atoms in total. The summed E-state index contributed by atoms with van der Waals surface area (Å²) >= 11 is 1.68. The molecule has 0 saturated heterocycles. The van der Waals surface area contributed by atoms with Gasteiger partial charge in [-0.15, -0.1) is 11.3 Å². The fraction of sp³-hybridized carbons (Fsp3) is 0.500. The van der Waals surface area contributed by atoms with Gasteiger partial charge < -0.3 is 24.6 Å². The topological polar surface area (TPSA) is 71.1 Å². The number of amides is 3. The summed E-state index contributed by atoms with van der Waals surface area (Å²) < 4.78 is 24.3. The molecule has 1 aromatic heterocycles. The molecule has 0 saturated carbocycles. The van der Waals surface area contributed by atoms with Crippen molar-refractivity contribution in [1.29, 1.82) is 0 Å². The molecule has 0 aliphatic carbocycles. The third kappa shape index (κ3) is 6.91. The predicted molar refractivity (Wildman–Crippen MR) is 126 cm³/mol. The number of nitrogens with zero attached hydrogens (tertiary/aromatic N) is 2. The van der Waals surface area contributed by atoms with Gasteiger partial charge in [0.25, 0.3) is 0 Å². The summed E-state index contributed by atoms with van der Waals surface area (Å²) in [7, 11) is 1.62. The molecule has 2 heterocycles. The van der Waals surface area contributed by atoms with Gasteiger partial charge in [0, 0.05) is 38.2 Å². The highest BCUT2D eigenvalue weighted by Gasteiger charge is 2.33. The Bertz CT molecular complexity index is 905. The maximum absolute atomic E-state index is 13.4. The third-order valence-corrected chi connectivity index (χ3v) is 6.55. The third-order valence-electron chi connectivity index (χ3n) is 5.55. The molecular weight excluding hydrogens is 445 g/mol. The fourth-order valence-corrected chi connectivity index (χ4v) is 4.76. The highest BCUT2D eigenvalue weighted by Crippen LogP contribution is 2.34. The summed E-state index contributed by atoms with van der Waals surface area (Å²) in [6, 6.07) is 7.38. The van der Waals surface area contributed by atoms with Crippen molar-refractivity contribution < 1.29 is 23.5 Å². The largest absolute Gasteiger partial charge is 0.491 e. The number of halogens is 1. The van der Waals surface area contributed by atoms with Crippen molar-refractivity contribution in [3.63, 3.8) is 0 Å². The van der Waals surface area contributed by atoms with Crippen LogP contribution >= 0.6 is 11.3 Å². The lowest BCUT2D eigenvalue weighted by Gasteiger charge is -2.37. The molecule has 0 fully saturated rings. The molecule has 33 heavy (non-hydrogen) atoms. The van der Waals surface area contributed by atoms with Gasteiger partial charge in [0.1, 0.15) is 24.7 Å². The summed E-state index contributed by atoms with van der Waals surface area (Å²) in [6.07, 6.45) is 2.24. The molecule has 0 spiro atoms. The molecule has 9 heteroatoms. The van der Waals surface area contributed by atoms with Gasteiger partial charge in [-0.3, -0.25) is 4.79 Å². The number of nitrogens with one attached hydrogen (secondary N) is 1. The van der Waals surface area contributed by atoms with Crippen molar-refractivity contribution in [3.8, 4) is 5.75 Å². The number of carbonyl (C=O) groups excluding carboxylic acids is 2. The Morgan fingerprint density at radius 1 is 1.27 bits per heavy atom. The zero-order valence-corrected chi connectivity index (χ0v) is 20.0. The first-order valence-corrected chi connectivity index (χ1v) is 12.2. The van der Waals surface area contributed by atoms with Crippen molar-refractivity contribution in [2.75, 3.05) is 46.5 Å². The van der Waals surface area contributed by atoms with Crippen LogP contribution in [0.15, 0.2) is 35.7 Å². The average molecular weight is 478 g/mol. The number of carbonyl (C=O) groups is 2. The number of fused-ring (bicyclic) bond motifs is 1. The maximum atomic E-state index is 13.4. The van der Waals surface area contributed by atoms with Crippen molar-refractivity contribution in [1.82, 2.24) is 15.1 Å². The molecule has 3 amide bonds. The van der Waals surface area contributed by atoms with Crippen molar-refractivity contribution >= 4 is 23.3 Å². The molecule has 180 valence electrons. The molecule has 3 rings (SSSR count). The Morgan fingerprint density at radius 3 is 2.79 bits per heavy atom. The Kier molecular flexibility index (Phi) is 9.50. The molecule has 1 aromatic carbocycles.